The number of fused-ring (bicyclic) bond motifs is 2. The number of nitrogens with zero attached hydrogens (tertiary/aromatic N) is 1. The summed E-state index contributed by atoms with van der Waals surface area (Å²) in [6.45, 7) is 0. The van der Waals surface area contributed by atoms with Crippen LogP contribution in [0.1, 0.15) is 20.7 Å². The molecule has 0 saturated carbocycles. The molecule has 6 heteroatoms. The number of methoxy groups -OCH3 is 1. The summed E-state index contributed by atoms with van der Waals surface area (Å²) in [6.07, 6.45) is 0. The number of rotatable bonds is 3. The van der Waals surface area contributed by atoms with Gasteiger partial charge in [0.15, 0.2) is 5.75 Å². The number of benzene rings is 4. The number of hydrogen-bond donors (Lipinski definition) is 0. The lowest BCUT2D eigenvalue weighted by Crippen LogP contribution is -2.13. The number of ether oxygens (including phenoxy) is 2. The second-order valence-electron chi connectivity index (χ2n) is 7.44. The second-order valence-corrected chi connectivity index (χ2v) is 7.88. The Morgan fingerprint density at radius 3 is 2.15 bits per heavy atom. The topological polar surface area (TPSA) is 55.8 Å². The van der Waals surface area contributed by atoms with Crippen LogP contribution in [0.2, 0.25) is 5.02 Å². The number of para-hydroxylation sites is 2. The monoisotopic (exact) mass is 455 g/mol. The third kappa shape index (κ3) is 3.73. The van der Waals surface area contributed by atoms with E-state index in [4.69, 9.17) is 21.1 Å². The Labute approximate surface area is 195 Å². The SMILES string of the molecule is COC(=O)c1ccc2c(c1)N(c1ccccc1-c1ccc(Cl)cc1)c1ccccc1C(=O)O2. The predicted octanol–water partition coefficient (Wildman–Crippen LogP) is 6.80. The highest BCUT2D eigenvalue weighted by Crippen LogP contribution is 2.47. The van der Waals surface area contributed by atoms with Crippen LogP contribution in [0, 0.1) is 0 Å². The standard InChI is InChI=1S/C27H18ClNO4/c1-32-26(30)18-12-15-25-24(16-18)29(23-9-5-3-7-21(23)27(31)33-25)22-8-4-2-6-20(22)17-10-13-19(28)14-11-17/h2-16H,1H3. The average molecular weight is 456 g/mol. The van der Waals surface area contributed by atoms with Gasteiger partial charge in [-0.25, -0.2) is 9.59 Å². The largest absolute Gasteiger partial charge is 0.465 e. The zero-order chi connectivity index (χ0) is 22.9. The van der Waals surface area contributed by atoms with E-state index in [0.29, 0.717) is 33.3 Å². The van der Waals surface area contributed by atoms with Gasteiger partial charge in [0.2, 0.25) is 0 Å². The van der Waals surface area contributed by atoms with Crippen molar-refractivity contribution in [3.8, 4) is 16.9 Å². The molecule has 0 aliphatic carbocycles. The van der Waals surface area contributed by atoms with Crippen LogP contribution in [-0.2, 0) is 4.74 Å². The first-order chi connectivity index (χ1) is 16.1. The predicted molar refractivity (Wildman–Crippen MR) is 128 cm³/mol. The summed E-state index contributed by atoms with van der Waals surface area (Å²) >= 11 is 6.11. The number of esters is 2. The number of hydrogen-bond acceptors (Lipinski definition) is 5. The Hall–Kier alpha value is -4.09. The molecule has 0 spiro atoms. The van der Waals surface area contributed by atoms with Gasteiger partial charge in [-0.3, -0.25) is 0 Å². The maximum absolute atomic E-state index is 13.0. The van der Waals surface area contributed by atoms with E-state index in [1.807, 2.05) is 65.6 Å². The van der Waals surface area contributed by atoms with Crippen molar-refractivity contribution in [1.29, 1.82) is 0 Å². The minimum atomic E-state index is -0.479. The van der Waals surface area contributed by atoms with Crippen LogP contribution in [-0.4, -0.2) is 19.0 Å². The van der Waals surface area contributed by atoms with E-state index >= 15 is 0 Å². The molecule has 0 amide bonds. The first-order valence-corrected chi connectivity index (χ1v) is 10.6. The van der Waals surface area contributed by atoms with E-state index in [2.05, 4.69) is 0 Å². The number of halogens is 1. The molecule has 0 fully saturated rings. The van der Waals surface area contributed by atoms with Gasteiger partial charge in [0.05, 0.1) is 35.3 Å². The van der Waals surface area contributed by atoms with Crippen molar-refractivity contribution in [2.75, 3.05) is 12.0 Å². The quantitative estimate of drug-likeness (QED) is 0.251. The third-order valence-corrected chi connectivity index (χ3v) is 5.74. The van der Waals surface area contributed by atoms with E-state index in [1.165, 1.54) is 7.11 Å². The molecule has 0 aromatic heterocycles. The fraction of sp³-hybridized carbons (Fsp3) is 0.0370. The Morgan fingerprint density at radius 2 is 1.45 bits per heavy atom. The van der Waals surface area contributed by atoms with Gasteiger partial charge < -0.3 is 14.4 Å². The lowest BCUT2D eigenvalue weighted by atomic mass is 10.0. The summed E-state index contributed by atoms with van der Waals surface area (Å²) in [5.41, 5.74) is 4.65. The molecule has 0 radical (unpaired) electrons. The van der Waals surface area contributed by atoms with Gasteiger partial charge in [-0.2, -0.15) is 0 Å². The van der Waals surface area contributed by atoms with Gasteiger partial charge in [0, 0.05) is 10.6 Å². The van der Waals surface area contributed by atoms with Crippen molar-refractivity contribution in [1.82, 2.24) is 0 Å². The zero-order valence-corrected chi connectivity index (χ0v) is 18.4. The van der Waals surface area contributed by atoms with Gasteiger partial charge >= 0.3 is 11.9 Å². The average Bonchev–Trinajstić information content (AvgIpc) is 2.97. The van der Waals surface area contributed by atoms with Gasteiger partial charge in [-0.05, 0) is 54.1 Å². The van der Waals surface area contributed by atoms with Crippen LogP contribution in [0.3, 0.4) is 0 Å². The highest BCUT2D eigenvalue weighted by Gasteiger charge is 2.30. The Bertz CT molecular complexity index is 1380. The molecular formula is C27H18ClNO4. The fourth-order valence-electron chi connectivity index (χ4n) is 3.95. The summed E-state index contributed by atoms with van der Waals surface area (Å²) < 4.78 is 10.6. The van der Waals surface area contributed by atoms with Crippen molar-refractivity contribution in [2.24, 2.45) is 0 Å². The molecule has 33 heavy (non-hydrogen) atoms. The third-order valence-electron chi connectivity index (χ3n) is 5.49. The molecule has 0 unspecified atom stereocenters. The van der Waals surface area contributed by atoms with Crippen LogP contribution in [0.4, 0.5) is 17.1 Å². The summed E-state index contributed by atoms with van der Waals surface area (Å²) in [4.78, 5) is 27.2. The van der Waals surface area contributed by atoms with Gasteiger partial charge in [0.25, 0.3) is 0 Å². The van der Waals surface area contributed by atoms with Crippen molar-refractivity contribution in [3.05, 3.63) is 107 Å². The summed E-state index contributed by atoms with van der Waals surface area (Å²) in [7, 11) is 1.33. The van der Waals surface area contributed by atoms with Gasteiger partial charge in [-0.1, -0.05) is 54.1 Å². The number of carbonyl (C=O) groups excluding carboxylic acids is 2. The van der Waals surface area contributed by atoms with Crippen molar-refractivity contribution < 1.29 is 19.1 Å². The lowest BCUT2D eigenvalue weighted by Gasteiger charge is -2.28. The van der Waals surface area contributed by atoms with E-state index in [-0.39, 0.29) is 0 Å². The van der Waals surface area contributed by atoms with Crippen LogP contribution < -0.4 is 9.64 Å². The van der Waals surface area contributed by atoms with Crippen molar-refractivity contribution >= 4 is 40.6 Å². The smallest absolute Gasteiger partial charge is 0.345 e. The van der Waals surface area contributed by atoms with E-state index < -0.39 is 11.9 Å². The molecule has 5 rings (SSSR count). The molecule has 4 aromatic rings. The first-order valence-electron chi connectivity index (χ1n) is 10.3. The Kier molecular flexibility index (Phi) is 5.32. The molecule has 4 aromatic carbocycles. The minimum Gasteiger partial charge on any atom is -0.465 e. The van der Waals surface area contributed by atoms with Crippen LogP contribution >= 0.6 is 11.6 Å². The summed E-state index contributed by atoms with van der Waals surface area (Å²) in [5.74, 6) is -0.605. The normalized spacial score (nSPS) is 12.3. The molecule has 1 heterocycles. The van der Waals surface area contributed by atoms with Crippen LogP contribution in [0.15, 0.2) is 91.0 Å². The van der Waals surface area contributed by atoms with Gasteiger partial charge in [-0.15, -0.1) is 0 Å². The molecule has 5 nitrogen and oxygen atoms in total. The van der Waals surface area contributed by atoms with Crippen LogP contribution in [0.5, 0.6) is 5.75 Å². The molecule has 1 aliphatic heterocycles. The molecule has 0 bridgehead atoms. The second kappa shape index (κ2) is 8.45. The van der Waals surface area contributed by atoms with Crippen molar-refractivity contribution in [2.45, 2.75) is 0 Å². The highest BCUT2D eigenvalue weighted by molar-refractivity contribution is 6.30. The maximum atomic E-state index is 13.0. The Morgan fingerprint density at radius 1 is 0.818 bits per heavy atom. The summed E-state index contributed by atoms with van der Waals surface area (Å²) in [5, 5.41) is 0.642. The number of carbonyl (C=O) groups is 2. The molecule has 0 saturated heterocycles. The lowest BCUT2D eigenvalue weighted by molar-refractivity contribution is 0.0600. The summed E-state index contributed by atoms with van der Waals surface area (Å²) in [6, 6.07) is 27.5. The maximum Gasteiger partial charge on any atom is 0.345 e. The molecule has 1 aliphatic rings. The number of anilines is 3. The molecule has 162 valence electrons. The minimum absolute atomic E-state index is 0.342. The Balaban J connectivity index is 1.81. The van der Waals surface area contributed by atoms with E-state index in [1.54, 1.807) is 30.3 Å². The van der Waals surface area contributed by atoms with E-state index in [9.17, 15) is 9.59 Å². The first kappa shape index (κ1) is 20.8. The highest BCUT2D eigenvalue weighted by atomic mass is 35.5. The molecule has 0 N–H and O–H groups in total. The zero-order valence-electron chi connectivity index (χ0n) is 17.6. The molecular weight excluding hydrogens is 438 g/mol. The van der Waals surface area contributed by atoms with Crippen LogP contribution in [0.25, 0.3) is 11.1 Å². The van der Waals surface area contributed by atoms with Crippen molar-refractivity contribution in [3.63, 3.8) is 0 Å². The fourth-order valence-corrected chi connectivity index (χ4v) is 4.08. The van der Waals surface area contributed by atoms with E-state index in [0.717, 1.165) is 16.8 Å². The van der Waals surface area contributed by atoms with Gasteiger partial charge in [0.1, 0.15) is 0 Å². The molecule has 0 atom stereocenters.